The Bertz CT molecular complexity index is 1380. The van der Waals surface area contributed by atoms with E-state index in [1.54, 1.807) is 6.92 Å². The number of guanidine groups is 1. The Hall–Kier alpha value is -3.73. The van der Waals surface area contributed by atoms with Gasteiger partial charge in [0.25, 0.3) is 5.91 Å². The maximum absolute atomic E-state index is 14.9. The monoisotopic (exact) mass is 511 g/mol. The Labute approximate surface area is 199 Å². The average molecular weight is 512 g/mol. The standard InChI is InChI=1S/C21H21F4N7O2S/c1-12-6-13(8-26)9-29-17(12)18(33)30-14-4-5-16(22)15(7-14)20(2)11-35(34,28-3)32(19(27)31-20)10-21(23,24)25/h4-7,9H,10-11H2,1-3H3,(H2,27,31)(H,30,33)/t20-,35-/m0/s1. The van der Waals surface area contributed by atoms with Gasteiger partial charge >= 0.3 is 6.18 Å². The Morgan fingerprint density at radius 1 is 1.40 bits per heavy atom. The number of anilines is 1. The fourth-order valence-corrected chi connectivity index (χ4v) is 5.77. The molecule has 1 aliphatic rings. The summed E-state index contributed by atoms with van der Waals surface area (Å²) in [6, 6.07) is 6.94. The highest BCUT2D eigenvalue weighted by molar-refractivity contribution is 7.92. The second-order valence-electron chi connectivity index (χ2n) is 7.98. The fourth-order valence-electron chi connectivity index (χ4n) is 3.66. The summed E-state index contributed by atoms with van der Waals surface area (Å²) in [4.78, 5) is 20.7. The summed E-state index contributed by atoms with van der Waals surface area (Å²) in [7, 11) is -2.63. The third-order valence-corrected chi connectivity index (χ3v) is 7.78. The van der Waals surface area contributed by atoms with Gasteiger partial charge in [-0.25, -0.2) is 27.2 Å². The molecule has 1 amide bonds. The molecule has 3 N–H and O–H groups in total. The second kappa shape index (κ2) is 9.14. The fraction of sp³-hybridized carbons (Fsp3) is 0.333. The molecule has 0 spiro atoms. The number of nitrogens with zero attached hydrogens (tertiary/aromatic N) is 5. The normalized spacial score (nSPS) is 22.2. The number of nitrogens with two attached hydrogens (primary N) is 1. The van der Waals surface area contributed by atoms with Gasteiger partial charge in [0.15, 0.2) is 0 Å². The second-order valence-corrected chi connectivity index (χ2v) is 10.3. The number of carbonyl (C=O) groups is 1. The summed E-state index contributed by atoms with van der Waals surface area (Å²) in [5.41, 5.74) is 4.84. The number of carbonyl (C=O) groups excluding carboxylic acids is 1. The van der Waals surface area contributed by atoms with Gasteiger partial charge in [-0.05, 0) is 43.7 Å². The van der Waals surface area contributed by atoms with Crippen molar-refractivity contribution >= 4 is 27.5 Å². The van der Waals surface area contributed by atoms with Crippen LogP contribution in [0, 0.1) is 24.1 Å². The molecule has 0 saturated carbocycles. The molecule has 0 unspecified atom stereocenters. The van der Waals surface area contributed by atoms with E-state index in [4.69, 9.17) is 11.0 Å². The summed E-state index contributed by atoms with van der Waals surface area (Å²) in [5, 5.41) is 11.5. The molecule has 2 atom stereocenters. The SMILES string of the molecule is CN=[S@@]1(=O)C[C@@](C)(c2cc(NC(=O)c3ncc(C#N)cc3C)ccc2F)N=C(N)N1CC(F)(F)F. The van der Waals surface area contributed by atoms with Crippen molar-refractivity contribution in [3.63, 3.8) is 0 Å². The molecule has 9 nitrogen and oxygen atoms in total. The zero-order chi connectivity index (χ0) is 26.2. The van der Waals surface area contributed by atoms with Crippen LogP contribution in [0.4, 0.5) is 23.2 Å². The number of hydrogen-bond acceptors (Lipinski definition) is 7. The van der Waals surface area contributed by atoms with E-state index in [1.807, 2.05) is 6.07 Å². The van der Waals surface area contributed by atoms with Crippen molar-refractivity contribution in [3.8, 4) is 6.07 Å². The highest BCUT2D eigenvalue weighted by Crippen LogP contribution is 2.36. The van der Waals surface area contributed by atoms with Crippen LogP contribution in [0.2, 0.25) is 0 Å². The lowest BCUT2D eigenvalue weighted by molar-refractivity contribution is -0.130. The number of amides is 1. The van der Waals surface area contributed by atoms with Crippen LogP contribution in [-0.4, -0.2) is 50.9 Å². The molecule has 1 aliphatic heterocycles. The van der Waals surface area contributed by atoms with Crippen LogP contribution in [0.5, 0.6) is 0 Å². The molecule has 1 aromatic heterocycles. The van der Waals surface area contributed by atoms with Crippen molar-refractivity contribution in [2.45, 2.75) is 25.6 Å². The zero-order valence-corrected chi connectivity index (χ0v) is 19.7. The van der Waals surface area contributed by atoms with Crippen molar-refractivity contribution in [1.82, 2.24) is 9.29 Å². The first-order valence-corrected chi connectivity index (χ1v) is 11.7. The van der Waals surface area contributed by atoms with Gasteiger partial charge in [-0.15, -0.1) is 0 Å². The quantitative estimate of drug-likeness (QED) is 0.608. The third-order valence-electron chi connectivity index (χ3n) is 5.27. The number of aromatic nitrogens is 1. The van der Waals surface area contributed by atoms with E-state index in [1.165, 1.54) is 31.3 Å². The summed E-state index contributed by atoms with van der Waals surface area (Å²) in [6.45, 7) is 1.33. The van der Waals surface area contributed by atoms with E-state index in [0.29, 0.717) is 9.87 Å². The van der Waals surface area contributed by atoms with Crippen LogP contribution in [0.25, 0.3) is 0 Å². The molecule has 1 aromatic carbocycles. The van der Waals surface area contributed by atoms with E-state index in [9.17, 15) is 26.6 Å². The smallest absolute Gasteiger partial charge is 0.369 e. The molecular formula is C21H21F4N7O2S. The van der Waals surface area contributed by atoms with Crippen molar-refractivity contribution < 1.29 is 26.6 Å². The predicted octanol–water partition coefficient (Wildman–Crippen LogP) is 3.07. The average Bonchev–Trinajstić information content (AvgIpc) is 2.76. The molecule has 0 bridgehead atoms. The topological polar surface area (TPSA) is 137 Å². The van der Waals surface area contributed by atoms with Crippen LogP contribution in [0.1, 0.15) is 34.1 Å². The number of rotatable bonds is 4. The van der Waals surface area contributed by atoms with Crippen LogP contribution >= 0.6 is 0 Å². The molecule has 2 heterocycles. The van der Waals surface area contributed by atoms with Gasteiger partial charge in [-0.3, -0.25) is 4.79 Å². The number of benzene rings is 1. The summed E-state index contributed by atoms with van der Waals surface area (Å²) < 4.78 is 71.3. The first-order valence-electron chi connectivity index (χ1n) is 10.0. The molecule has 0 fully saturated rings. The summed E-state index contributed by atoms with van der Waals surface area (Å²) >= 11 is 0. The lowest BCUT2D eigenvalue weighted by Gasteiger charge is -2.39. The molecule has 186 valence electrons. The summed E-state index contributed by atoms with van der Waals surface area (Å²) in [5.74, 6) is -2.70. The number of pyridine rings is 1. The van der Waals surface area contributed by atoms with E-state index < -0.39 is 51.6 Å². The van der Waals surface area contributed by atoms with E-state index in [2.05, 4.69) is 19.7 Å². The van der Waals surface area contributed by atoms with Gasteiger partial charge < -0.3 is 11.1 Å². The van der Waals surface area contributed by atoms with Gasteiger partial charge in [0.2, 0.25) is 5.96 Å². The van der Waals surface area contributed by atoms with Gasteiger partial charge in [0.05, 0.1) is 11.3 Å². The van der Waals surface area contributed by atoms with Gasteiger partial charge in [-0.2, -0.15) is 18.4 Å². The molecule has 35 heavy (non-hydrogen) atoms. The number of halogens is 4. The molecule has 14 heteroatoms. The Balaban J connectivity index is 2.00. The predicted molar refractivity (Wildman–Crippen MR) is 121 cm³/mol. The first-order chi connectivity index (χ1) is 16.2. The van der Waals surface area contributed by atoms with E-state index in [0.717, 1.165) is 13.1 Å². The first kappa shape index (κ1) is 25.9. The minimum Gasteiger partial charge on any atom is -0.369 e. The zero-order valence-electron chi connectivity index (χ0n) is 18.9. The van der Waals surface area contributed by atoms with Gasteiger partial charge in [-0.1, -0.05) is 0 Å². The molecule has 0 aliphatic carbocycles. The van der Waals surface area contributed by atoms with E-state index in [-0.39, 0.29) is 22.5 Å². The number of nitrogens with one attached hydrogen (secondary N) is 1. The number of nitriles is 1. The molecule has 0 saturated heterocycles. The van der Waals surface area contributed by atoms with Crippen molar-refractivity contribution in [3.05, 3.63) is 58.7 Å². The van der Waals surface area contributed by atoms with Crippen molar-refractivity contribution in [1.29, 1.82) is 5.26 Å². The Morgan fingerprint density at radius 2 is 2.09 bits per heavy atom. The van der Waals surface area contributed by atoms with Crippen LogP contribution in [0.3, 0.4) is 0 Å². The number of aliphatic imine (C=N–C) groups is 1. The number of alkyl halides is 3. The highest BCUT2D eigenvalue weighted by Gasteiger charge is 2.45. The van der Waals surface area contributed by atoms with Crippen LogP contribution in [-0.2, 0) is 15.5 Å². The molecule has 3 rings (SSSR count). The van der Waals surface area contributed by atoms with Gasteiger partial charge in [0, 0.05) is 24.5 Å². The lowest BCUT2D eigenvalue weighted by atomic mass is 9.93. The van der Waals surface area contributed by atoms with Crippen LogP contribution in [0.15, 0.2) is 39.8 Å². The minimum atomic E-state index is -4.73. The Morgan fingerprint density at radius 3 is 2.66 bits per heavy atom. The van der Waals surface area contributed by atoms with E-state index >= 15 is 0 Å². The molecule has 2 aromatic rings. The Kier molecular flexibility index (Phi) is 6.76. The van der Waals surface area contributed by atoms with Crippen LogP contribution < -0.4 is 11.1 Å². The third kappa shape index (κ3) is 5.35. The maximum atomic E-state index is 14.9. The van der Waals surface area contributed by atoms with Crippen molar-refractivity contribution in [2.75, 3.05) is 24.7 Å². The highest BCUT2D eigenvalue weighted by atomic mass is 32.2. The summed E-state index contributed by atoms with van der Waals surface area (Å²) in [6.07, 6.45) is -3.50. The lowest BCUT2D eigenvalue weighted by Crippen LogP contribution is -2.54. The number of hydrogen-bond donors (Lipinski definition) is 2. The molecule has 0 radical (unpaired) electrons. The van der Waals surface area contributed by atoms with Gasteiger partial charge in [0.1, 0.15) is 39.6 Å². The largest absolute Gasteiger partial charge is 0.407 e. The maximum Gasteiger partial charge on any atom is 0.407 e. The minimum absolute atomic E-state index is 0.0385. The van der Waals surface area contributed by atoms with Crippen molar-refractivity contribution in [2.24, 2.45) is 15.1 Å². The molecular weight excluding hydrogens is 490 g/mol. The number of aryl methyl sites for hydroxylation is 1.